The molecule has 34 heavy (non-hydrogen) atoms. The summed E-state index contributed by atoms with van der Waals surface area (Å²) in [7, 11) is 0. The van der Waals surface area contributed by atoms with E-state index in [1.54, 1.807) is 17.0 Å². The first-order chi connectivity index (χ1) is 16.5. The predicted molar refractivity (Wildman–Crippen MR) is 127 cm³/mol. The van der Waals surface area contributed by atoms with Crippen LogP contribution in [0.15, 0.2) is 66.7 Å². The van der Waals surface area contributed by atoms with Gasteiger partial charge in [0.1, 0.15) is 17.6 Å². The molecule has 7 nitrogen and oxygen atoms in total. The minimum absolute atomic E-state index is 0.0260. The summed E-state index contributed by atoms with van der Waals surface area (Å²) < 4.78 is 11.5. The molecule has 0 radical (unpaired) electrons. The lowest BCUT2D eigenvalue weighted by Gasteiger charge is -2.31. The van der Waals surface area contributed by atoms with Crippen LogP contribution < -0.4 is 9.47 Å². The summed E-state index contributed by atoms with van der Waals surface area (Å²) in [5, 5.41) is 8.98. The molecule has 0 spiro atoms. The van der Waals surface area contributed by atoms with Gasteiger partial charge in [0.25, 0.3) is 0 Å². The minimum Gasteiger partial charge on any atom is -0.490 e. The number of aryl methyl sites for hydroxylation is 3. The number of hydrogen-bond donors (Lipinski definition) is 1. The number of rotatable bonds is 7. The number of ether oxygens (including phenoxy) is 2. The molecule has 1 aliphatic rings. The van der Waals surface area contributed by atoms with E-state index in [0.29, 0.717) is 37.4 Å². The molecule has 0 bridgehead atoms. The summed E-state index contributed by atoms with van der Waals surface area (Å²) in [5.74, 6) is 0.191. The molecule has 7 heteroatoms. The van der Waals surface area contributed by atoms with Gasteiger partial charge in [0.05, 0.1) is 5.56 Å². The Balaban J connectivity index is 1.21. The van der Waals surface area contributed by atoms with E-state index in [2.05, 4.69) is 4.98 Å². The first-order valence-electron chi connectivity index (χ1n) is 11.4. The fourth-order valence-electron chi connectivity index (χ4n) is 3.93. The van der Waals surface area contributed by atoms with Crippen LogP contribution >= 0.6 is 0 Å². The lowest BCUT2D eigenvalue weighted by molar-refractivity contribution is 0.0696. The summed E-state index contributed by atoms with van der Waals surface area (Å²) >= 11 is 0. The molecule has 0 saturated carbocycles. The third-order valence-corrected chi connectivity index (χ3v) is 5.85. The average molecular weight is 461 g/mol. The van der Waals surface area contributed by atoms with Crippen LogP contribution in [0.3, 0.4) is 0 Å². The first-order valence-corrected chi connectivity index (χ1v) is 11.4. The number of likely N-dealkylation sites (tertiary alicyclic amines) is 1. The molecular formula is C27H28N2O5. The zero-order valence-corrected chi connectivity index (χ0v) is 19.1. The van der Waals surface area contributed by atoms with Gasteiger partial charge in [-0.15, -0.1) is 0 Å². The molecule has 3 aromatic rings. The van der Waals surface area contributed by atoms with Crippen molar-refractivity contribution in [3.8, 4) is 11.5 Å². The second-order valence-corrected chi connectivity index (χ2v) is 8.42. The number of amides is 1. The van der Waals surface area contributed by atoms with Crippen molar-refractivity contribution >= 4 is 12.1 Å². The number of benzene rings is 2. The number of aromatic carboxylic acids is 1. The molecule has 1 amide bonds. The molecule has 1 N–H and O–H groups in total. The fraction of sp³-hybridized carbons (Fsp3) is 0.296. The number of carboxylic acid groups (broad SMARTS) is 1. The molecule has 176 valence electrons. The molecule has 1 aliphatic heterocycles. The van der Waals surface area contributed by atoms with E-state index >= 15 is 0 Å². The number of carboxylic acids is 1. The summed E-state index contributed by atoms with van der Waals surface area (Å²) in [5.41, 5.74) is 3.48. The van der Waals surface area contributed by atoms with E-state index in [1.165, 1.54) is 12.1 Å². The van der Waals surface area contributed by atoms with Gasteiger partial charge in [-0.3, -0.25) is 4.98 Å². The Morgan fingerprint density at radius 2 is 1.62 bits per heavy atom. The number of hydrogen-bond acceptors (Lipinski definition) is 5. The van der Waals surface area contributed by atoms with E-state index in [0.717, 1.165) is 29.8 Å². The molecule has 0 aliphatic carbocycles. The minimum atomic E-state index is -0.965. The smallest absolute Gasteiger partial charge is 0.415 e. The molecule has 1 fully saturated rings. The molecular weight excluding hydrogens is 432 g/mol. The summed E-state index contributed by atoms with van der Waals surface area (Å²) in [4.78, 5) is 29.7. The normalized spacial score (nSPS) is 14.0. The Bertz CT molecular complexity index is 1120. The Labute approximate surface area is 199 Å². The maximum Gasteiger partial charge on any atom is 0.415 e. The van der Waals surface area contributed by atoms with Gasteiger partial charge in [0, 0.05) is 37.3 Å². The van der Waals surface area contributed by atoms with Gasteiger partial charge in [-0.25, -0.2) is 9.59 Å². The monoisotopic (exact) mass is 460 g/mol. The predicted octanol–water partition coefficient (Wildman–Crippen LogP) is 4.92. The number of nitrogens with zero attached hydrogens (tertiary/aromatic N) is 2. The van der Waals surface area contributed by atoms with Gasteiger partial charge in [0.2, 0.25) is 0 Å². The molecule has 1 aromatic heterocycles. The van der Waals surface area contributed by atoms with Gasteiger partial charge < -0.3 is 19.5 Å². The fourth-order valence-corrected chi connectivity index (χ4v) is 3.93. The van der Waals surface area contributed by atoms with Crippen molar-refractivity contribution in [2.45, 2.75) is 38.7 Å². The standard InChI is InChI=1S/C27H28N2O5/c1-19-3-2-4-22(28-19)10-5-20-6-11-24(12-7-20)34-27(32)29-17-15-25(16-18-29)33-23-13-8-21(9-14-23)26(30)31/h2-4,6-9,11-14,25H,5,10,15-18H2,1H3,(H,30,31). The molecule has 0 unspecified atom stereocenters. The van der Waals surface area contributed by atoms with E-state index in [1.807, 2.05) is 49.4 Å². The largest absolute Gasteiger partial charge is 0.490 e. The van der Waals surface area contributed by atoms with Crippen molar-refractivity contribution in [3.05, 3.63) is 89.2 Å². The van der Waals surface area contributed by atoms with Crippen molar-refractivity contribution in [2.24, 2.45) is 0 Å². The van der Waals surface area contributed by atoms with E-state index in [4.69, 9.17) is 14.6 Å². The van der Waals surface area contributed by atoms with Gasteiger partial charge in [-0.1, -0.05) is 18.2 Å². The lowest BCUT2D eigenvalue weighted by atomic mass is 10.1. The number of aromatic nitrogens is 1. The van der Waals surface area contributed by atoms with Crippen molar-refractivity contribution < 1.29 is 24.2 Å². The Morgan fingerprint density at radius 1 is 0.941 bits per heavy atom. The molecule has 4 rings (SSSR count). The van der Waals surface area contributed by atoms with Crippen molar-refractivity contribution in [2.75, 3.05) is 13.1 Å². The summed E-state index contributed by atoms with van der Waals surface area (Å²) in [6.45, 7) is 3.07. The maximum absolute atomic E-state index is 12.6. The highest BCUT2D eigenvalue weighted by molar-refractivity contribution is 5.87. The van der Waals surface area contributed by atoms with Crippen LogP contribution in [0.25, 0.3) is 0 Å². The van der Waals surface area contributed by atoms with Gasteiger partial charge in [0.15, 0.2) is 0 Å². The molecule has 2 aromatic carbocycles. The number of carbonyl (C=O) groups is 2. The summed E-state index contributed by atoms with van der Waals surface area (Å²) in [6.07, 6.45) is 2.71. The second kappa shape index (κ2) is 10.8. The van der Waals surface area contributed by atoms with Crippen LogP contribution in [-0.4, -0.2) is 46.2 Å². The van der Waals surface area contributed by atoms with Crippen molar-refractivity contribution in [1.82, 2.24) is 9.88 Å². The Hall–Kier alpha value is -3.87. The SMILES string of the molecule is Cc1cccc(CCc2ccc(OC(=O)N3CCC(Oc4ccc(C(=O)O)cc4)CC3)cc2)n1. The van der Waals surface area contributed by atoms with Gasteiger partial charge in [-0.05, 0) is 73.9 Å². The van der Waals surface area contributed by atoms with Crippen LogP contribution in [-0.2, 0) is 12.8 Å². The average Bonchev–Trinajstić information content (AvgIpc) is 2.84. The van der Waals surface area contributed by atoms with Crippen molar-refractivity contribution in [1.29, 1.82) is 0 Å². The Morgan fingerprint density at radius 3 is 2.26 bits per heavy atom. The third-order valence-electron chi connectivity index (χ3n) is 5.85. The lowest BCUT2D eigenvalue weighted by Crippen LogP contribution is -2.43. The number of piperidine rings is 1. The van der Waals surface area contributed by atoms with E-state index in [-0.39, 0.29) is 17.8 Å². The molecule has 2 heterocycles. The van der Waals surface area contributed by atoms with Gasteiger partial charge >= 0.3 is 12.1 Å². The van der Waals surface area contributed by atoms with Crippen LogP contribution in [0.4, 0.5) is 4.79 Å². The molecule has 1 saturated heterocycles. The second-order valence-electron chi connectivity index (χ2n) is 8.42. The van der Waals surface area contributed by atoms with Crippen molar-refractivity contribution in [3.63, 3.8) is 0 Å². The molecule has 0 atom stereocenters. The van der Waals surface area contributed by atoms with Gasteiger partial charge in [-0.2, -0.15) is 0 Å². The zero-order valence-electron chi connectivity index (χ0n) is 19.1. The topological polar surface area (TPSA) is 89.0 Å². The van der Waals surface area contributed by atoms with Crippen LogP contribution in [0, 0.1) is 6.92 Å². The highest BCUT2D eigenvalue weighted by Gasteiger charge is 2.25. The first kappa shape index (κ1) is 23.3. The Kier molecular flexibility index (Phi) is 7.42. The van der Waals surface area contributed by atoms with Crippen LogP contribution in [0.2, 0.25) is 0 Å². The number of pyridine rings is 1. The van der Waals surface area contributed by atoms with Crippen LogP contribution in [0.5, 0.6) is 11.5 Å². The quantitative estimate of drug-likeness (QED) is 0.539. The highest BCUT2D eigenvalue weighted by atomic mass is 16.6. The zero-order chi connectivity index (χ0) is 23.9. The van der Waals surface area contributed by atoms with Crippen LogP contribution in [0.1, 0.15) is 40.2 Å². The third kappa shape index (κ3) is 6.34. The summed E-state index contributed by atoms with van der Waals surface area (Å²) in [6, 6.07) is 20.0. The maximum atomic E-state index is 12.6. The van der Waals surface area contributed by atoms with E-state index < -0.39 is 5.97 Å². The number of carbonyl (C=O) groups excluding carboxylic acids is 1. The van der Waals surface area contributed by atoms with E-state index in [9.17, 15) is 9.59 Å². The highest BCUT2D eigenvalue weighted by Crippen LogP contribution is 2.21.